The van der Waals surface area contributed by atoms with Crippen LogP contribution in [0.15, 0.2) is 10.9 Å². The van der Waals surface area contributed by atoms with Crippen LogP contribution in [0, 0.1) is 12.7 Å². The van der Waals surface area contributed by atoms with Crippen molar-refractivity contribution in [2.45, 2.75) is 13.3 Å². The van der Waals surface area contributed by atoms with Gasteiger partial charge in [-0.05, 0) is 6.92 Å². The Balaban J connectivity index is 3.15. The molecular weight excluding hydrogens is 206 g/mol. The molecule has 78 valence electrons. The third-order valence-electron chi connectivity index (χ3n) is 1.41. The number of pyridine rings is 1. The predicted octanol–water partition coefficient (Wildman–Crippen LogP) is 1.72. The Bertz CT molecular complexity index is 396. The van der Waals surface area contributed by atoms with E-state index in [1.54, 1.807) is 4.98 Å². The molecule has 1 aromatic heterocycles. The fourth-order valence-corrected chi connectivity index (χ4v) is 0.791. The van der Waals surface area contributed by atoms with Crippen LogP contribution in [0.2, 0.25) is 0 Å². The molecular formula is C7H5F4NO2. The summed E-state index contributed by atoms with van der Waals surface area (Å²) in [5, 5.41) is 0. The van der Waals surface area contributed by atoms with Gasteiger partial charge in [-0.3, -0.25) is 9.78 Å². The van der Waals surface area contributed by atoms with E-state index in [1.807, 2.05) is 0 Å². The first-order valence-electron chi connectivity index (χ1n) is 3.45. The quantitative estimate of drug-likeness (QED) is 0.718. The molecule has 0 amide bonds. The highest BCUT2D eigenvalue weighted by Gasteiger charge is 2.32. The van der Waals surface area contributed by atoms with Crippen molar-refractivity contribution in [1.29, 1.82) is 0 Å². The zero-order valence-corrected chi connectivity index (χ0v) is 6.91. The highest BCUT2D eigenvalue weighted by molar-refractivity contribution is 5.25. The van der Waals surface area contributed by atoms with Crippen molar-refractivity contribution < 1.29 is 22.3 Å². The Hall–Kier alpha value is -1.53. The summed E-state index contributed by atoms with van der Waals surface area (Å²) in [4.78, 5) is 12.3. The van der Waals surface area contributed by atoms with Gasteiger partial charge in [0.15, 0.2) is 0 Å². The number of nitrogens with one attached hydrogen (secondary N) is 1. The van der Waals surface area contributed by atoms with Crippen LogP contribution in [-0.2, 0) is 0 Å². The molecule has 0 bridgehead atoms. The second kappa shape index (κ2) is 3.32. The van der Waals surface area contributed by atoms with E-state index in [-0.39, 0.29) is 0 Å². The van der Waals surface area contributed by atoms with Crippen LogP contribution in [0.1, 0.15) is 5.56 Å². The molecule has 1 rings (SSSR count). The van der Waals surface area contributed by atoms with Gasteiger partial charge in [0.25, 0.3) is 5.56 Å². The van der Waals surface area contributed by atoms with E-state index in [9.17, 15) is 22.4 Å². The third kappa shape index (κ3) is 2.48. The molecule has 0 saturated heterocycles. The van der Waals surface area contributed by atoms with E-state index in [2.05, 4.69) is 4.74 Å². The average molecular weight is 211 g/mol. The van der Waals surface area contributed by atoms with Gasteiger partial charge in [0, 0.05) is 11.6 Å². The lowest BCUT2D eigenvalue weighted by atomic mass is 10.3. The fourth-order valence-electron chi connectivity index (χ4n) is 0.791. The Morgan fingerprint density at radius 2 is 2.00 bits per heavy atom. The zero-order valence-electron chi connectivity index (χ0n) is 6.91. The zero-order chi connectivity index (χ0) is 10.9. The van der Waals surface area contributed by atoms with Gasteiger partial charge in [0.2, 0.25) is 5.88 Å². The predicted molar refractivity (Wildman–Crippen MR) is 38.4 cm³/mol. The average Bonchev–Trinajstić information content (AvgIpc) is 1.96. The largest absolute Gasteiger partial charge is 0.574 e. The van der Waals surface area contributed by atoms with Crippen molar-refractivity contribution in [3.63, 3.8) is 0 Å². The summed E-state index contributed by atoms with van der Waals surface area (Å²) in [5.74, 6) is -1.98. The first-order chi connectivity index (χ1) is 6.29. The SMILES string of the molecule is Cc1c(F)cc(=O)[nH]c1OC(F)(F)F. The number of rotatable bonds is 1. The molecule has 0 atom stereocenters. The number of ether oxygens (including phenoxy) is 1. The summed E-state index contributed by atoms with van der Waals surface area (Å²) in [6.45, 7) is 1.06. The number of halogens is 4. The molecule has 1 N–H and O–H groups in total. The van der Waals surface area contributed by atoms with E-state index in [4.69, 9.17) is 0 Å². The van der Waals surface area contributed by atoms with E-state index in [0.717, 1.165) is 6.92 Å². The summed E-state index contributed by atoms with van der Waals surface area (Å²) in [7, 11) is 0. The summed E-state index contributed by atoms with van der Waals surface area (Å²) < 4.78 is 51.3. The van der Waals surface area contributed by atoms with Crippen LogP contribution in [0.25, 0.3) is 0 Å². The number of H-pyrrole nitrogens is 1. The van der Waals surface area contributed by atoms with E-state index >= 15 is 0 Å². The molecule has 0 unspecified atom stereocenters. The topological polar surface area (TPSA) is 42.1 Å². The maximum Gasteiger partial charge on any atom is 0.574 e. The molecule has 0 saturated carbocycles. The van der Waals surface area contributed by atoms with Crippen molar-refractivity contribution in [2.24, 2.45) is 0 Å². The standard InChI is InChI=1S/C7H5F4NO2/c1-3-4(8)2-5(13)12-6(3)14-7(9,10)11/h2H,1H3,(H,12,13). The first-order valence-corrected chi connectivity index (χ1v) is 3.45. The van der Waals surface area contributed by atoms with Gasteiger partial charge < -0.3 is 4.74 Å². The Morgan fingerprint density at radius 1 is 1.43 bits per heavy atom. The van der Waals surface area contributed by atoms with Crippen molar-refractivity contribution in [3.8, 4) is 5.88 Å². The molecule has 1 aromatic rings. The normalized spacial score (nSPS) is 11.5. The van der Waals surface area contributed by atoms with Crippen LogP contribution in [0.3, 0.4) is 0 Å². The molecule has 0 aliphatic carbocycles. The highest BCUT2D eigenvalue weighted by Crippen LogP contribution is 2.23. The van der Waals surface area contributed by atoms with Gasteiger partial charge in [0.05, 0.1) is 0 Å². The molecule has 7 heteroatoms. The van der Waals surface area contributed by atoms with Crippen LogP contribution in [-0.4, -0.2) is 11.3 Å². The van der Waals surface area contributed by atoms with Gasteiger partial charge in [-0.2, -0.15) is 0 Å². The number of aromatic nitrogens is 1. The van der Waals surface area contributed by atoms with Crippen molar-refractivity contribution in [3.05, 3.63) is 27.8 Å². The van der Waals surface area contributed by atoms with Crippen LogP contribution in [0.4, 0.5) is 17.6 Å². The summed E-state index contributed by atoms with van der Waals surface area (Å²) in [6.07, 6.45) is -4.96. The molecule has 3 nitrogen and oxygen atoms in total. The minimum atomic E-state index is -4.96. The molecule has 1 heterocycles. The van der Waals surface area contributed by atoms with Crippen molar-refractivity contribution >= 4 is 0 Å². The lowest BCUT2D eigenvalue weighted by molar-refractivity contribution is -0.276. The van der Waals surface area contributed by atoms with Crippen LogP contribution >= 0.6 is 0 Å². The molecule has 0 radical (unpaired) electrons. The highest BCUT2D eigenvalue weighted by atomic mass is 19.4. The summed E-state index contributed by atoms with van der Waals surface area (Å²) in [5.41, 5.74) is -1.39. The monoisotopic (exact) mass is 211 g/mol. The van der Waals surface area contributed by atoms with Crippen LogP contribution < -0.4 is 10.3 Å². The van der Waals surface area contributed by atoms with Gasteiger partial charge in [-0.15, -0.1) is 13.2 Å². The lowest BCUT2D eigenvalue weighted by Crippen LogP contribution is -2.21. The van der Waals surface area contributed by atoms with Gasteiger partial charge in [0.1, 0.15) is 5.82 Å². The van der Waals surface area contributed by atoms with Crippen molar-refractivity contribution in [1.82, 2.24) is 4.98 Å². The van der Waals surface area contributed by atoms with Gasteiger partial charge >= 0.3 is 6.36 Å². The number of hydrogen-bond donors (Lipinski definition) is 1. The van der Waals surface area contributed by atoms with E-state index < -0.39 is 29.2 Å². The van der Waals surface area contributed by atoms with Crippen molar-refractivity contribution in [2.75, 3.05) is 0 Å². The molecule has 0 fully saturated rings. The summed E-state index contributed by atoms with van der Waals surface area (Å²) >= 11 is 0. The minimum absolute atomic E-state index is 0.401. The number of aromatic amines is 1. The third-order valence-corrected chi connectivity index (χ3v) is 1.41. The second-order valence-corrected chi connectivity index (χ2v) is 2.48. The number of hydrogen-bond acceptors (Lipinski definition) is 2. The molecule has 0 aliphatic heterocycles. The van der Waals surface area contributed by atoms with Gasteiger partial charge in [-0.25, -0.2) is 4.39 Å². The van der Waals surface area contributed by atoms with Gasteiger partial charge in [-0.1, -0.05) is 0 Å². The molecule has 0 aliphatic rings. The number of alkyl halides is 3. The second-order valence-electron chi connectivity index (χ2n) is 2.48. The molecule has 0 aromatic carbocycles. The Labute approximate surface area is 75.3 Å². The molecule has 0 spiro atoms. The fraction of sp³-hybridized carbons (Fsp3) is 0.286. The molecule has 14 heavy (non-hydrogen) atoms. The Morgan fingerprint density at radius 3 is 2.50 bits per heavy atom. The van der Waals surface area contributed by atoms with E-state index in [0.29, 0.717) is 6.07 Å². The maximum atomic E-state index is 12.7. The Kier molecular flexibility index (Phi) is 2.50. The lowest BCUT2D eigenvalue weighted by Gasteiger charge is -2.10. The smallest absolute Gasteiger partial charge is 0.389 e. The minimum Gasteiger partial charge on any atom is -0.389 e. The van der Waals surface area contributed by atoms with E-state index in [1.165, 1.54) is 0 Å². The van der Waals surface area contributed by atoms with Crippen LogP contribution in [0.5, 0.6) is 5.88 Å². The summed E-state index contributed by atoms with van der Waals surface area (Å²) in [6, 6.07) is 0.540. The maximum absolute atomic E-state index is 12.7. The first kappa shape index (κ1) is 10.6.